The number of nitrogens with one attached hydrogen (secondary N) is 1. The molecule has 0 atom stereocenters. The predicted molar refractivity (Wildman–Crippen MR) is 57.6 cm³/mol. The van der Waals surface area contributed by atoms with E-state index < -0.39 is 5.97 Å². The van der Waals surface area contributed by atoms with Crippen molar-refractivity contribution in [1.29, 1.82) is 0 Å². The Hall–Kier alpha value is -2.30. The molecule has 0 unspecified atom stereocenters. The molecule has 0 bridgehead atoms. The van der Waals surface area contributed by atoms with Crippen LogP contribution in [0.3, 0.4) is 0 Å². The predicted octanol–water partition coefficient (Wildman–Crippen LogP) is 0.861. The van der Waals surface area contributed by atoms with Crippen LogP contribution in [0.25, 0.3) is 10.9 Å². The summed E-state index contributed by atoms with van der Waals surface area (Å²) in [4.78, 5) is 24.4. The Balaban J connectivity index is 2.72. The lowest BCUT2D eigenvalue weighted by atomic mass is 10.1. The zero-order valence-electron chi connectivity index (χ0n) is 8.23. The molecule has 82 valence electrons. The van der Waals surface area contributed by atoms with Crippen molar-refractivity contribution in [2.45, 2.75) is 6.42 Å². The maximum absolute atomic E-state index is 11.3. The van der Waals surface area contributed by atoms with Gasteiger partial charge in [-0.2, -0.15) is 0 Å². The lowest BCUT2D eigenvalue weighted by Crippen LogP contribution is -2.09. The number of carbonyl (C=O) groups is 1. The quantitative estimate of drug-likeness (QED) is 0.698. The molecule has 0 amide bonds. The van der Waals surface area contributed by atoms with E-state index in [2.05, 4.69) is 4.98 Å². The lowest BCUT2D eigenvalue weighted by Gasteiger charge is -2.04. The zero-order chi connectivity index (χ0) is 11.7. The number of aliphatic carboxylic acids is 1. The summed E-state index contributed by atoms with van der Waals surface area (Å²) in [5.74, 6) is -0.976. The Morgan fingerprint density at radius 2 is 2.06 bits per heavy atom. The zero-order valence-corrected chi connectivity index (χ0v) is 8.23. The van der Waals surface area contributed by atoms with E-state index in [0.29, 0.717) is 16.5 Å². The van der Waals surface area contributed by atoms with Gasteiger partial charge in [0.2, 0.25) is 5.56 Å². The van der Waals surface area contributed by atoms with Crippen molar-refractivity contribution in [2.24, 2.45) is 0 Å². The Labute approximate surface area is 90.0 Å². The highest BCUT2D eigenvalue weighted by molar-refractivity contribution is 5.86. The van der Waals surface area contributed by atoms with E-state index in [1.807, 2.05) is 0 Å². The van der Waals surface area contributed by atoms with Crippen LogP contribution < -0.4 is 5.56 Å². The first-order chi connectivity index (χ1) is 7.56. The van der Waals surface area contributed by atoms with Crippen LogP contribution in [0.15, 0.2) is 29.1 Å². The van der Waals surface area contributed by atoms with Gasteiger partial charge in [-0.3, -0.25) is 9.59 Å². The number of aromatic amines is 1. The summed E-state index contributed by atoms with van der Waals surface area (Å²) >= 11 is 0. The Kier molecular flexibility index (Phi) is 2.36. The van der Waals surface area contributed by atoms with Crippen LogP contribution in [0.2, 0.25) is 0 Å². The van der Waals surface area contributed by atoms with Crippen LogP contribution in [0.5, 0.6) is 5.75 Å². The standard InChI is InChI=1S/C11H9NO4/c13-7-1-2-8-6(4-11(15)16)3-10(14)12-9(8)5-7/h1-3,5,13H,4H2,(H,12,14)(H,15,16). The van der Waals surface area contributed by atoms with Gasteiger partial charge < -0.3 is 15.2 Å². The molecular formula is C11H9NO4. The van der Waals surface area contributed by atoms with Gasteiger partial charge in [-0.05, 0) is 17.7 Å². The molecule has 1 heterocycles. The molecule has 0 aliphatic rings. The maximum atomic E-state index is 11.3. The third-order valence-electron chi connectivity index (χ3n) is 2.25. The second kappa shape index (κ2) is 3.69. The molecule has 1 aromatic carbocycles. The van der Waals surface area contributed by atoms with Gasteiger partial charge in [0.05, 0.1) is 11.9 Å². The summed E-state index contributed by atoms with van der Waals surface area (Å²) in [6, 6.07) is 5.68. The summed E-state index contributed by atoms with van der Waals surface area (Å²) in [6.45, 7) is 0. The van der Waals surface area contributed by atoms with Crippen molar-refractivity contribution in [3.63, 3.8) is 0 Å². The molecular weight excluding hydrogens is 210 g/mol. The average Bonchev–Trinajstić information content (AvgIpc) is 2.15. The first-order valence-electron chi connectivity index (χ1n) is 4.63. The number of carboxylic acid groups (broad SMARTS) is 1. The van der Waals surface area contributed by atoms with E-state index in [1.54, 1.807) is 6.07 Å². The van der Waals surface area contributed by atoms with Crippen molar-refractivity contribution in [3.05, 3.63) is 40.2 Å². The van der Waals surface area contributed by atoms with Crippen LogP contribution in [0.1, 0.15) is 5.56 Å². The first-order valence-corrected chi connectivity index (χ1v) is 4.63. The molecule has 3 N–H and O–H groups in total. The number of rotatable bonds is 2. The molecule has 0 saturated carbocycles. The van der Waals surface area contributed by atoms with Gasteiger partial charge in [0.1, 0.15) is 5.75 Å². The van der Waals surface area contributed by atoms with Gasteiger partial charge in [-0.25, -0.2) is 0 Å². The number of fused-ring (bicyclic) bond motifs is 1. The van der Waals surface area contributed by atoms with E-state index in [1.165, 1.54) is 18.2 Å². The van der Waals surface area contributed by atoms with E-state index in [9.17, 15) is 14.7 Å². The Bertz CT molecular complexity index is 615. The van der Waals surface area contributed by atoms with Gasteiger partial charge in [0, 0.05) is 17.5 Å². The van der Waals surface area contributed by atoms with Crippen LogP contribution in [-0.2, 0) is 11.2 Å². The maximum Gasteiger partial charge on any atom is 0.307 e. The van der Waals surface area contributed by atoms with Gasteiger partial charge in [0.15, 0.2) is 0 Å². The minimum Gasteiger partial charge on any atom is -0.508 e. The topological polar surface area (TPSA) is 90.4 Å². The number of H-pyrrole nitrogens is 1. The first kappa shape index (κ1) is 10.2. The second-order valence-electron chi connectivity index (χ2n) is 3.46. The second-order valence-corrected chi connectivity index (χ2v) is 3.46. The van der Waals surface area contributed by atoms with Crippen molar-refractivity contribution in [1.82, 2.24) is 4.98 Å². The Morgan fingerprint density at radius 1 is 1.31 bits per heavy atom. The number of carboxylic acids is 1. The van der Waals surface area contributed by atoms with E-state index in [0.717, 1.165) is 0 Å². The number of phenols is 1. The average molecular weight is 219 g/mol. The largest absolute Gasteiger partial charge is 0.508 e. The van der Waals surface area contributed by atoms with E-state index >= 15 is 0 Å². The van der Waals surface area contributed by atoms with Crippen LogP contribution >= 0.6 is 0 Å². The smallest absolute Gasteiger partial charge is 0.307 e. The normalized spacial score (nSPS) is 10.5. The number of hydrogen-bond acceptors (Lipinski definition) is 3. The van der Waals surface area contributed by atoms with Crippen molar-refractivity contribution < 1.29 is 15.0 Å². The molecule has 5 nitrogen and oxygen atoms in total. The summed E-state index contributed by atoms with van der Waals surface area (Å²) < 4.78 is 0. The van der Waals surface area contributed by atoms with Gasteiger partial charge in [0.25, 0.3) is 0 Å². The monoisotopic (exact) mass is 219 g/mol. The summed E-state index contributed by atoms with van der Waals surface area (Å²) in [7, 11) is 0. The summed E-state index contributed by atoms with van der Waals surface area (Å²) in [5, 5.41) is 18.6. The lowest BCUT2D eigenvalue weighted by molar-refractivity contribution is -0.136. The number of pyridine rings is 1. The molecule has 0 spiro atoms. The highest BCUT2D eigenvalue weighted by Crippen LogP contribution is 2.20. The fourth-order valence-corrected chi connectivity index (χ4v) is 1.63. The third kappa shape index (κ3) is 1.88. The molecule has 0 radical (unpaired) electrons. The molecule has 0 fully saturated rings. The van der Waals surface area contributed by atoms with Crippen LogP contribution in [0, 0.1) is 0 Å². The number of aromatic hydroxyl groups is 1. The summed E-state index contributed by atoms with van der Waals surface area (Å²) in [5.41, 5.74) is 0.490. The number of aromatic nitrogens is 1. The van der Waals surface area contributed by atoms with Crippen molar-refractivity contribution >= 4 is 16.9 Å². The Morgan fingerprint density at radius 3 is 2.75 bits per heavy atom. The molecule has 16 heavy (non-hydrogen) atoms. The highest BCUT2D eigenvalue weighted by Gasteiger charge is 2.07. The van der Waals surface area contributed by atoms with E-state index in [-0.39, 0.29) is 17.7 Å². The molecule has 0 aliphatic heterocycles. The SMILES string of the molecule is O=C(O)Cc1cc(=O)[nH]c2cc(O)ccc12. The number of phenolic OH excluding ortho intramolecular Hbond substituents is 1. The molecule has 0 saturated heterocycles. The summed E-state index contributed by atoms with van der Waals surface area (Å²) in [6.07, 6.45) is -0.217. The van der Waals surface area contributed by atoms with Gasteiger partial charge >= 0.3 is 5.97 Å². The highest BCUT2D eigenvalue weighted by atomic mass is 16.4. The van der Waals surface area contributed by atoms with Crippen LogP contribution in [0.4, 0.5) is 0 Å². The minimum atomic E-state index is -1.00. The third-order valence-corrected chi connectivity index (χ3v) is 2.25. The molecule has 1 aromatic heterocycles. The number of hydrogen-bond donors (Lipinski definition) is 3. The van der Waals surface area contributed by atoms with Gasteiger partial charge in [-0.15, -0.1) is 0 Å². The van der Waals surface area contributed by atoms with Gasteiger partial charge in [-0.1, -0.05) is 0 Å². The number of benzene rings is 1. The fourth-order valence-electron chi connectivity index (χ4n) is 1.63. The van der Waals surface area contributed by atoms with Crippen molar-refractivity contribution in [3.8, 4) is 5.75 Å². The van der Waals surface area contributed by atoms with E-state index in [4.69, 9.17) is 5.11 Å². The van der Waals surface area contributed by atoms with Crippen molar-refractivity contribution in [2.75, 3.05) is 0 Å². The molecule has 5 heteroatoms. The molecule has 2 aromatic rings. The molecule has 2 rings (SSSR count). The fraction of sp³-hybridized carbons (Fsp3) is 0.0909. The minimum absolute atomic E-state index is 0.0237. The molecule has 0 aliphatic carbocycles. The van der Waals surface area contributed by atoms with Crippen LogP contribution in [-0.4, -0.2) is 21.2 Å².